The van der Waals surface area contributed by atoms with E-state index in [4.69, 9.17) is 12.2 Å². The number of thiocarbonyl (C=S) groups is 1. The first kappa shape index (κ1) is 14.7. The topological polar surface area (TPSA) is 49.4 Å². The largest absolute Gasteiger partial charge is 0.326 e. The van der Waals surface area contributed by atoms with Crippen molar-refractivity contribution in [3.05, 3.63) is 34.7 Å². The number of thioether (sulfide) groups is 1. The van der Waals surface area contributed by atoms with Crippen molar-refractivity contribution in [2.75, 3.05) is 11.9 Å². The summed E-state index contributed by atoms with van der Waals surface area (Å²) < 4.78 is 0.596. The summed E-state index contributed by atoms with van der Waals surface area (Å²) >= 11 is 6.47. The summed E-state index contributed by atoms with van der Waals surface area (Å²) in [4.78, 5) is 25.2. The minimum Gasteiger partial charge on any atom is -0.326 e. The van der Waals surface area contributed by atoms with Crippen LogP contribution in [0.2, 0.25) is 0 Å². The van der Waals surface area contributed by atoms with Gasteiger partial charge in [0.25, 0.3) is 5.91 Å². The van der Waals surface area contributed by atoms with Crippen molar-refractivity contribution in [1.82, 2.24) is 4.90 Å². The van der Waals surface area contributed by atoms with Gasteiger partial charge in [0.05, 0.1) is 4.91 Å². The third-order valence-corrected chi connectivity index (χ3v) is 4.10. The van der Waals surface area contributed by atoms with Crippen LogP contribution in [0.4, 0.5) is 5.69 Å². The molecule has 0 saturated carbocycles. The SMILES string of the molecule is CCN1C(=O)C(=Cc2ccc(NC(C)=O)cc2)SC1=S. The number of hydrogen-bond donors (Lipinski definition) is 1. The minimum atomic E-state index is -0.110. The fourth-order valence-electron chi connectivity index (χ4n) is 1.79. The quantitative estimate of drug-likeness (QED) is 0.689. The first-order valence-electron chi connectivity index (χ1n) is 6.14. The molecule has 1 fully saturated rings. The van der Waals surface area contributed by atoms with Gasteiger partial charge in [0.2, 0.25) is 5.91 Å². The maximum Gasteiger partial charge on any atom is 0.266 e. The lowest BCUT2D eigenvalue weighted by Crippen LogP contribution is -2.27. The minimum absolute atomic E-state index is 0.0477. The zero-order chi connectivity index (χ0) is 14.7. The maximum atomic E-state index is 12.1. The Labute approximate surface area is 127 Å². The molecule has 6 heteroatoms. The summed E-state index contributed by atoms with van der Waals surface area (Å²) in [5.74, 6) is -0.157. The predicted molar refractivity (Wildman–Crippen MR) is 86.3 cm³/mol. The van der Waals surface area contributed by atoms with E-state index in [9.17, 15) is 9.59 Å². The first-order valence-corrected chi connectivity index (χ1v) is 7.36. The van der Waals surface area contributed by atoms with Gasteiger partial charge in [-0.1, -0.05) is 36.1 Å². The summed E-state index contributed by atoms with van der Waals surface area (Å²) in [6, 6.07) is 7.30. The molecule has 1 aromatic carbocycles. The fourth-order valence-corrected chi connectivity index (χ4v) is 3.17. The lowest BCUT2D eigenvalue weighted by atomic mass is 10.2. The molecule has 104 valence electrons. The number of likely N-dealkylation sites (N-methyl/N-ethyl adjacent to an activating group) is 1. The number of benzene rings is 1. The van der Waals surface area contributed by atoms with Gasteiger partial charge in [-0.15, -0.1) is 0 Å². The molecular formula is C14H14N2O2S2. The zero-order valence-corrected chi connectivity index (χ0v) is 12.8. The number of hydrogen-bond acceptors (Lipinski definition) is 4. The molecule has 0 aliphatic carbocycles. The van der Waals surface area contributed by atoms with Crippen LogP contribution in [-0.2, 0) is 9.59 Å². The van der Waals surface area contributed by atoms with E-state index in [0.29, 0.717) is 15.8 Å². The van der Waals surface area contributed by atoms with E-state index in [-0.39, 0.29) is 11.8 Å². The number of carbonyl (C=O) groups excluding carboxylic acids is 2. The molecule has 1 saturated heterocycles. The molecule has 2 amide bonds. The normalized spacial score (nSPS) is 16.9. The Kier molecular flexibility index (Phi) is 4.57. The molecule has 0 radical (unpaired) electrons. The highest BCUT2D eigenvalue weighted by molar-refractivity contribution is 8.26. The predicted octanol–water partition coefficient (Wildman–Crippen LogP) is 2.87. The third kappa shape index (κ3) is 3.26. The number of nitrogens with one attached hydrogen (secondary N) is 1. The van der Waals surface area contributed by atoms with E-state index in [2.05, 4.69) is 5.32 Å². The van der Waals surface area contributed by atoms with Crippen molar-refractivity contribution in [2.45, 2.75) is 13.8 Å². The molecule has 0 bridgehead atoms. The average molecular weight is 306 g/mol. The van der Waals surface area contributed by atoms with E-state index in [1.54, 1.807) is 17.0 Å². The molecule has 1 N–H and O–H groups in total. The highest BCUT2D eigenvalue weighted by Gasteiger charge is 2.30. The van der Waals surface area contributed by atoms with Gasteiger partial charge in [-0.3, -0.25) is 14.5 Å². The second-order valence-corrected chi connectivity index (χ2v) is 5.90. The molecule has 0 spiro atoms. The highest BCUT2D eigenvalue weighted by Crippen LogP contribution is 2.32. The number of amides is 2. The Bertz CT molecular complexity index is 594. The Balaban J connectivity index is 2.17. The molecule has 0 unspecified atom stereocenters. The average Bonchev–Trinajstić information content (AvgIpc) is 2.66. The van der Waals surface area contributed by atoms with E-state index < -0.39 is 0 Å². The lowest BCUT2D eigenvalue weighted by Gasteiger charge is -2.09. The van der Waals surface area contributed by atoms with Crippen molar-refractivity contribution >= 4 is 51.9 Å². The summed E-state index contributed by atoms with van der Waals surface area (Å²) in [6.45, 7) is 3.95. The van der Waals surface area contributed by atoms with E-state index >= 15 is 0 Å². The van der Waals surface area contributed by atoms with E-state index in [0.717, 1.165) is 11.3 Å². The number of anilines is 1. The Morgan fingerprint density at radius 1 is 1.40 bits per heavy atom. The first-order chi connectivity index (χ1) is 9.51. The van der Waals surface area contributed by atoms with E-state index in [1.807, 2.05) is 25.1 Å². The second kappa shape index (κ2) is 6.19. The van der Waals surface area contributed by atoms with Gasteiger partial charge in [0.15, 0.2) is 0 Å². The molecule has 1 aromatic rings. The van der Waals surface area contributed by atoms with Crippen molar-refractivity contribution in [3.8, 4) is 0 Å². The summed E-state index contributed by atoms with van der Waals surface area (Å²) in [7, 11) is 0. The van der Waals surface area contributed by atoms with Crippen LogP contribution in [0.1, 0.15) is 19.4 Å². The smallest absolute Gasteiger partial charge is 0.266 e. The molecule has 4 nitrogen and oxygen atoms in total. The van der Waals surface area contributed by atoms with E-state index in [1.165, 1.54) is 18.7 Å². The summed E-state index contributed by atoms with van der Waals surface area (Å²) in [5.41, 5.74) is 1.63. The maximum absolute atomic E-state index is 12.1. The van der Waals surface area contributed by atoms with Crippen LogP contribution in [0, 0.1) is 0 Å². The Morgan fingerprint density at radius 3 is 2.55 bits per heavy atom. The lowest BCUT2D eigenvalue weighted by molar-refractivity contribution is -0.122. The van der Waals surface area contributed by atoms with Gasteiger partial charge < -0.3 is 5.32 Å². The molecule has 0 aromatic heterocycles. The standard InChI is InChI=1S/C14H14N2O2S2/c1-3-16-13(18)12(20-14(16)19)8-10-4-6-11(7-5-10)15-9(2)17/h4-8H,3H2,1-2H3,(H,15,17). The van der Waals surface area contributed by atoms with Gasteiger partial charge in [0, 0.05) is 19.2 Å². The number of nitrogens with zero attached hydrogens (tertiary/aromatic N) is 1. The molecule has 1 aliphatic rings. The van der Waals surface area contributed by atoms with Gasteiger partial charge >= 0.3 is 0 Å². The van der Waals surface area contributed by atoms with Gasteiger partial charge in [-0.2, -0.15) is 0 Å². The molecule has 0 atom stereocenters. The molecular weight excluding hydrogens is 292 g/mol. The van der Waals surface area contributed by atoms with Crippen LogP contribution in [0.3, 0.4) is 0 Å². The highest BCUT2D eigenvalue weighted by atomic mass is 32.2. The van der Waals surface area contributed by atoms with Gasteiger partial charge in [-0.25, -0.2) is 0 Å². The van der Waals surface area contributed by atoms with Crippen LogP contribution in [0.25, 0.3) is 6.08 Å². The van der Waals surface area contributed by atoms with Crippen molar-refractivity contribution in [2.24, 2.45) is 0 Å². The van der Waals surface area contributed by atoms with Gasteiger partial charge in [0.1, 0.15) is 4.32 Å². The summed E-state index contributed by atoms with van der Waals surface area (Å²) in [6.07, 6.45) is 1.81. The van der Waals surface area contributed by atoms with Crippen LogP contribution >= 0.6 is 24.0 Å². The Morgan fingerprint density at radius 2 is 2.05 bits per heavy atom. The van der Waals surface area contributed by atoms with Gasteiger partial charge in [-0.05, 0) is 30.7 Å². The monoisotopic (exact) mass is 306 g/mol. The number of carbonyl (C=O) groups is 2. The van der Waals surface area contributed by atoms with Crippen LogP contribution < -0.4 is 5.32 Å². The Hall–Kier alpha value is -1.66. The van der Waals surface area contributed by atoms with Crippen LogP contribution in [0.5, 0.6) is 0 Å². The van der Waals surface area contributed by atoms with Crippen molar-refractivity contribution < 1.29 is 9.59 Å². The van der Waals surface area contributed by atoms with Crippen LogP contribution in [-0.4, -0.2) is 27.6 Å². The van der Waals surface area contributed by atoms with Crippen molar-refractivity contribution in [3.63, 3.8) is 0 Å². The van der Waals surface area contributed by atoms with Crippen molar-refractivity contribution in [1.29, 1.82) is 0 Å². The summed E-state index contributed by atoms with van der Waals surface area (Å²) in [5, 5.41) is 2.70. The fraction of sp³-hybridized carbons (Fsp3) is 0.214. The molecule has 20 heavy (non-hydrogen) atoms. The third-order valence-electron chi connectivity index (χ3n) is 2.72. The molecule has 1 heterocycles. The number of rotatable bonds is 3. The van der Waals surface area contributed by atoms with Crippen LogP contribution in [0.15, 0.2) is 29.2 Å². The molecule has 1 aliphatic heterocycles. The molecule has 2 rings (SSSR count). The second-order valence-electron chi connectivity index (χ2n) is 4.23. The zero-order valence-electron chi connectivity index (χ0n) is 11.2.